The third-order valence-corrected chi connectivity index (χ3v) is 5.58. The molecule has 1 heterocycles. The fourth-order valence-corrected chi connectivity index (χ4v) is 4.04. The second-order valence-electron chi connectivity index (χ2n) is 7.30. The van der Waals surface area contributed by atoms with Gasteiger partial charge in [0.05, 0.1) is 30.8 Å². The van der Waals surface area contributed by atoms with Crippen LogP contribution in [0.15, 0.2) is 65.9 Å². The van der Waals surface area contributed by atoms with Crippen molar-refractivity contribution in [1.82, 2.24) is 5.32 Å². The summed E-state index contributed by atoms with van der Waals surface area (Å²) in [6.07, 6.45) is 0. The lowest BCUT2D eigenvalue weighted by molar-refractivity contribution is -0.141. The summed E-state index contributed by atoms with van der Waals surface area (Å²) in [5.41, 5.74) is 2.96. The van der Waals surface area contributed by atoms with Crippen LogP contribution in [-0.4, -0.2) is 25.2 Å². The molecule has 1 aliphatic heterocycles. The summed E-state index contributed by atoms with van der Waals surface area (Å²) >= 11 is 6.42. The number of esters is 1. The van der Waals surface area contributed by atoms with E-state index in [9.17, 15) is 10.1 Å². The maximum absolute atomic E-state index is 13.0. The van der Waals surface area contributed by atoms with Crippen molar-refractivity contribution in [3.8, 4) is 6.07 Å². The second-order valence-corrected chi connectivity index (χ2v) is 7.71. The Bertz CT molecular complexity index is 952. The predicted molar refractivity (Wildman–Crippen MR) is 116 cm³/mol. The molecule has 3 unspecified atom stereocenters. The van der Waals surface area contributed by atoms with E-state index < -0.39 is 17.8 Å². The van der Waals surface area contributed by atoms with Gasteiger partial charge in [-0.1, -0.05) is 60.1 Å². The molecule has 3 rings (SSSR count). The standard InChI is InChI=1S/C24H25ClN2O3/c1-16-20(14-26)23(19-10-6-7-11-21(19)25)22(17(2)27-16)24(28)30-13-12-29-15-18-8-4-3-5-9-18/h3-11,16,20,23,27H,12-13,15H2,1-2H3. The number of carbonyl (C=O) groups is 1. The van der Waals surface area contributed by atoms with E-state index in [0.717, 1.165) is 11.1 Å². The molecule has 0 amide bonds. The Labute approximate surface area is 182 Å². The summed E-state index contributed by atoms with van der Waals surface area (Å²) in [6, 6.07) is 19.3. The third kappa shape index (κ3) is 5.02. The van der Waals surface area contributed by atoms with Gasteiger partial charge in [0.15, 0.2) is 0 Å². The van der Waals surface area contributed by atoms with Crippen LogP contribution in [0.25, 0.3) is 0 Å². The first-order valence-electron chi connectivity index (χ1n) is 9.93. The van der Waals surface area contributed by atoms with E-state index in [1.807, 2.05) is 62.4 Å². The van der Waals surface area contributed by atoms with Gasteiger partial charge >= 0.3 is 5.97 Å². The molecule has 0 radical (unpaired) electrons. The van der Waals surface area contributed by atoms with Gasteiger partial charge in [0, 0.05) is 22.7 Å². The van der Waals surface area contributed by atoms with Crippen molar-refractivity contribution in [1.29, 1.82) is 5.26 Å². The van der Waals surface area contributed by atoms with E-state index in [2.05, 4.69) is 11.4 Å². The monoisotopic (exact) mass is 424 g/mol. The Balaban J connectivity index is 1.71. The number of halogens is 1. The average Bonchev–Trinajstić information content (AvgIpc) is 2.74. The SMILES string of the molecule is CC1=C(C(=O)OCCOCc2ccccc2)C(c2ccccc2Cl)C(C#N)C(C)N1. The maximum atomic E-state index is 13.0. The minimum absolute atomic E-state index is 0.123. The van der Waals surface area contributed by atoms with Crippen molar-refractivity contribution >= 4 is 17.6 Å². The number of nitrogens with zero attached hydrogens (tertiary/aromatic N) is 1. The fraction of sp³-hybridized carbons (Fsp3) is 0.333. The smallest absolute Gasteiger partial charge is 0.336 e. The van der Waals surface area contributed by atoms with Crippen molar-refractivity contribution in [3.63, 3.8) is 0 Å². The molecule has 2 aromatic rings. The normalized spacial score (nSPS) is 20.9. The highest BCUT2D eigenvalue weighted by Crippen LogP contribution is 2.41. The van der Waals surface area contributed by atoms with Crippen LogP contribution in [0.5, 0.6) is 0 Å². The van der Waals surface area contributed by atoms with E-state index in [4.69, 9.17) is 21.1 Å². The minimum Gasteiger partial charge on any atom is -0.460 e. The highest BCUT2D eigenvalue weighted by Gasteiger charge is 2.40. The first kappa shape index (κ1) is 21.9. The molecule has 3 atom stereocenters. The van der Waals surface area contributed by atoms with Gasteiger partial charge in [0.1, 0.15) is 6.61 Å². The van der Waals surface area contributed by atoms with Crippen LogP contribution in [0.2, 0.25) is 5.02 Å². The molecule has 156 valence electrons. The van der Waals surface area contributed by atoms with Crippen LogP contribution in [-0.2, 0) is 20.9 Å². The lowest BCUT2D eigenvalue weighted by atomic mass is 9.74. The Hall–Kier alpha value is -2.81. The van der Waals surface area contributed by atoms with Gasteiger partial charge in [-0.15, -0.1) is 0 Å². The number of ether oxygens (including phenoxy) is 2. The first-order valence-corrected chi connectivity index (χ1v) is 10.3. The van der Waals surface area contributed by atoms with Gasteiger partial charge in [-0.3, -0.25) is 0 Å². The lowest BCUT2D eigenvalue weighted by Crippen LogP contribution is -2.43. The van der Waals surface area contributed by atoms with Crippen molar-refractivity contribution in [2.45, 2.75) is 32.4 Å². The molecule has 5 nitrogen and oxygen atoms in total. The summed E-state index contributed by atoms with van der Waals surface area (Å²) in [5.74, 6) is -1.37. The van der Waals surface area contributed by atoms with Gasteiger partial charge in [-0.2, -0.15) is 5.26 Å². The molecule has 1 aliphatic rings. The second kappa shape index (κ2) is 10.3. The fourth-order valence-electron chi connectivity index (χ4n) is 3.79. The number of nitrogens with one attached hydrogen (secondary N) is 1. The Morgan fingerprint density at radius 3 is 2.53 bits per heavy atom. The lowest BCUT2D eigenvalue weighted by Gasteiger charge is -2.36. The number of benzene rings is 2. The van der Waals surface area contributed by atoms with E-state index in [1.54, 1.807) is 6.07 Å². The molecular formula is C24H25ClN2O3. The molecule has 0 fully saturated rings. The molecule has 2 aromatic carbocycles. The molecule has 0 spiro atoms. The van der Waals surface area contributed by atoms with E-state index in [1.165, 1.54) is 0 Å². The molecule has 0 saturated heterocycles. The van der Waals surface area contributed by atoms with E-state index in [-0.39, 0.29) is 19.3 Å². The van der Waals surface area contributed by atoms with Crippen LogP contribution < -0.4 is 5.32 Å². The summed E-state index contributed by atoms with van der Waals surface area (Å²) in [4.78, 5) is 13.0. The molecule has 0 bridgehead atoms. The molecule has 1 N–H and O–H groups in total. The molecule has 0 aliphatic carbocycles. The molecule has 0 aromatic heterocycles. The van der Waals surface area contributed by atoms with Crippen molar-refractivity contribution < 1.29 is 14.3 Å². The highest BCUT2D eigenvalue weighted by atomic mass is 35.5. The number of allylic oxidation sites excluding steroid dienone is 1. The zero-order valence-corrected chi connectivity index (χ0v) is 17.9. The van der Waals surface area contributed by atoms with E-state index in [0.29, 0.717) is 22.9 Å². The Kier molecular flexibility index (Phi) is 7.51. The molecule has 0 saturated carbocycles. The van der Waals surface area contributed by atoms with Gasteiger partial charge in [-0.05, 0) is 31.0 Å². The number of rotatable bonds is 7. The Morgan fingerprint density at radius 1 is 1.13 bits per heavy atom. The summed E-state index contributed by atoms with van der Waals surface area (Å²) < 4.78 is 11.1. The van der Waals surface area contributed by atoms with Gasteiger partial charge < -0.3 is 14.8 Å². The van der Waals surface area contributed by atoms with Gasteiger partial charge in [0.2, 0.25) is 0 Å². The van der Waals surface area contributed by atoms with Crippen LogP contribution in [0.4, 0.5) is 0 Å². The third-order valence-electron chi connectivity index (χ3n) is 5.24. The minimum atomic E-state index is -0.460. The molecular weight excluding hydrogens is 400 g/mol. The van der Waals surface area contributed by atoms with Gasteiger partial charge in [-0.25, -0.2) is 4.79 Å². The van der Waals surface area contributed by atoms with E-state index >= 15 is 0 Å². The van der Waals surface area contributed by atoms with Crippen molar-refractivity contribution in [2.24, 2.45) is 5.92 Å². The van der Waals surface area contributed by atoms with Crippen molar-refractivity contribution in [2.75, 3.05) is 13.2 Å². The number of carbonyl (C=O) groups excluding carboxylic acids is 1. The highest BCUT2D eigenvalue weighted by molar-refractivity contribution is 6.31. The summed E-state index contributed by atoms with van der Waals surface area (Å²) in [6.45, 7) is 4.63. The maximum Gasteiger partial charge on any atom is 0.336 e. The zero-order valence-electron chi connectivity index (χ0n) is 17.1. The quantitative estimate of drug-likeness (QED) is 0.520. The number of hydrogen-bond donors (Lipinski definition) is 1. The first-order chi connectivity index (χ1) is 14.5. The van der Waals surface area contributed by atoms with Gasteiger partial charge in [0.25, 0.3) is 0 Å². The van der Waals surface area contributed by atoms with Crippen LogP contribution in [0.1, 0.15) is 30.9 Å². The zero-order chi connectivity index (χ0) is 21.5. The number of nitriles is 1. The Morgan fingerprint density at radius 2 is 1.83 bits per heavy atom. The topological polar surface area (TPSA) is 71.3 Å². The predicted octanol–water partition coefficient (Wildman–Crippen LogP) is 4.59. The summed E-state index contributed by atoms with van der Waals surface area (Å²) in [7, 11) is 0. The van der Waals surface area contributed by atoms with Crippen molar-refractivity contribution in [3.05, 3.63) is 82.0 Å². The summed E-state index contributed by atoms with van der Waals surface area (Å²) in [5, 5.41) is 13.6. The van der Waals surface area contributed by atoms with Crippen LogP contribution >= 0.6 is 11.6 Å². The molecule has 30 heavy (non-hydrogen) atoms. The average molecular weight is 425 g/mol. The molecule has 6 heteroatoms. The van der Waals surface area contributed by atoms with Crippen LogP contribution in [0, 0.1) is 17.2 Å². The number of hydrogen-bond acceptors (Lipinski definition) is 5. The van der Waals surface area contributed by atoms with Crippen LogP contribution in [0.3, 0.4) is 0 Å². The largest absolute Gasteiger partial charge is 0.460 e.